The predicted molar refractivity (Wildman–Crippen MR) is 128 cm³/mol. The number of rotatable bonds is 13. The molecule has 0 saturated heterocycles. The lowest BCUT2D eigenvalue weighted by Gasteiger charge is -2.18. The van der Waals surface area contributed by atoms with Crippen LogP contribution in [0.1, 0.15) is 37.9 Å². The molecule has 0 saturated carbocycles. The molecule has 1 unspecified atom stereocenters. The van der Waals surface area contributed by atoms with Gasteiger partial charge >= 0.3 is 0 Å². The van der Waals surface area contributed by atoms with E-state index in [9.17, 15) is 4.79 Å². The fraction of sp³-hybridized carbons (Fsp3) is 0.391. The topological polar surface area (TPSA) is 138 Å². The van der Waals surface area contributed by atoms with Crippen LogP contribution in [0.5, 0.6) is 0 Å². The number of nitrogens with one attached hydrogen (secondary N) is 3. The number of nitrogens with two attached hydrogens (primary N) is 1. The highest BCUT2D eigenvalue weighted by Crippen LogP contribution is 2.12. The highest BCUT2D eigenvalue weighted by atomic mass is 16.6. The van der Waals surface area contributed by atoms with Crippen molar-refractivity contribution in [2.45, 2.75) is 33.3 Å². The van der Waals surface area contributed by atoms with Crippen LogP contribution in [-0.4, -0.2) is 47.7 Å². The highest BCUT2D eigenvalue weighted by Gasteiger charge is 2.16. The number of hydrogen-bond donors (Lipinski definition) is 4. The van der Waals surface area contributed by atoms with Gasteiger partial charge in [0.25, 0.3) is 0 Å². The molecule has 0 aliphatic heterocycles. The van der Waals surface area contributed by atoms with Crippen LogP contribution in [0.3, 0.4) is 0 Å². The minimum atomic E-state index is -0.109. The summed E-state index contributed by atoms with van der Waals surface area (Å²) >= 11 is 0. The number of anilines is 1. The number of amidine groups is 1. The van der Waals surface area contributed by atoms with Crippen LogP contribution in [0.4, 0.5) is 5.82 Å². The van der Waals surface area contributed by atoms with Gasteiger partial charge in [0.1, 0.15) is 5.82 Å². The van der Waals surface area contributed by atoms with Gasteiger partial charge in [-0.3, -0.25) is 21.1 Å². The molecule has 178 valence electrons. The average molecular weight is 456 g/mol. The molecule has 0 spiro atoms. The summed E-state index contributed by atoms with van der Waals surface area (Å²) in [6, 6.07) is 14.5. The van der Waals surface area contributed by atoms with Gasteiger partial charge in [0.05, 0.1) is 5.69 Å². The SMILES string of the molecule is CCOCC(CC)CC(=O)Nc1cccc(CO/N=C(\C(=N)N(C)NN)c2ccccc2)n1. The number of hydrazine groups is 2. The number of likely N-dealkylation sites (N-methyl/N-ethyl adjacent to an activating group) is 1. The van der Waals surface area contributed by atoms with E-state index in [0.717, 1.165) is 6.42 Å². The lowest BCUT2D eigenvalue weighted by molar-refractivity contribution is -0.117. The Bertz CT molecular complexity index is 921. The summed E-state index contributed by atoms with van der Waals surface area (Å²) < 4.78 is 5.44. The van der Waals surface area contributed by atoms with E-state index < -0.39 is 0 Å². The average Bonchev–Trinajstić information content (AvgIpc) is 2.84. The van der Waals surface area contributed by atoms with Gasteiger partial charge in [0.15, 0.2) is 18.2 Å². The summed E-state index contributed by atoms with van der Waals surface area (Å²) in [5, 5.41) is 16.6. The van der Waals surface area contributed by atoms with E-state index >= 15 is 0 Å². The molecule has 1 amide bonds. The standard InChI is InChI=1S/C23H33N7O3/c1-4-17(15-32-5-2)14-21(31)27-20-13-9-12-19(26-20)16-33-28-22(23(24)30(3)29-25)18-10-7-6-8-11-18/h6-13,17,24,29H,4-5,14-16,25H2,1-3H3,(H,26,27,31)/b24-23?,28-22-. The van der Waals surface area contributed by atoms with Crippen molar-refractivity contribution in [1.29, 1.82) is 5.41 Å². The first-order valence-corrected chi connectivity index (χ1v) is 10.9. The number of benzene rings is 1. The molecule has 0 aliphatic carbocycles. The third kappa shape index (κ3) is 8.60. The van der Waals surface area contributed by atoms with Gasteiger partial charge in [-0.1, -0.05) is 54.9 Å². The summed E-state index contributed by atoms with van der Waals surface area (Å²) in [7, 11) is 1.60. The summed E-state index contributed by atoms with van der Waals surface area (Å²) in [5.41, 5.74) is 3.99. The van der Waals surface area contributed by atoms with Crippen molar-refractivity contribution in [2.75, 3.05) is 25.6 Å². The molecule has 0 aliphatic rings. The van der Waals surface area contributed by atoms with Crippen LogP contribution in [0.25, 0.3) is 0 Å². The second-order valence-corrected chi connectivity index (χ2v) is 7.32. The maximum atomic E-state index is 12.4. The van der Waals surface area contributed by atoms with Gasteiger partial charge in [-0.25, -0.2) is 4.98 Å². The van der Waals surface area contributed by atoms with E-state index in [1.54, 1.807) is 25.2 Å². The van der Waals surface area contributed by atoms with Crippen molar-refractivity contribution in [3.05, 3.63) is 59.8 Å². The molecule has 33 heavy (non-hydrogen) atoms. The molecule has 0 radical (unpaired) electrons. The first kappa shape index (κ1) is 25.9. The normalized spacial score (nSPS) is 12.2. The quantitative estimate of drug-likeness (QED) is 0.158. The Labute approximate surface area is 194 Å². The second-order valence-electron chi connectivity index (χ2n) is 7.32. The molecule has 1 aromatic heterocycles. The highest BCUT2D eigenvalue weighted by molar-refractivity contribution is 6.46. The van der Waals surface area contributed by atoms with Crippen LogP contribution >= 0.6 is 0 Å². The van der Waals surface area contributed by atoms with Crippen molar-refractivity contribution < 1.29 is 14.4 Å². The molecule has 10 heteroatoms. The summed E-state index contributed by atoms with van der Waals surface area (Å²) in [6.07, 6.45) is 1.23. The smallest absolute Gasteiger partial charge is 0.225 e. The molecular formula is C23H33N7O3. The van der Waals surface area contributed by atoms with E-state index in [4.69, 9.17) is 20.8 Å². The van der Waals surface area contributed by atoms with Crippen LogP contribution in [0.2, 0.25) is 0 Å². The maximum Gasteiger partial charge on any atom is 0.225 e. The Hall–Kier alpha value is -3.34. The summed E-state index contributed by atoms with van der Waals surface area (Å²) in [6.45, 7) is 5.24. The molecular weight excluding hydrogens is 422 g/mol. The number of pyridine rings is 1. The van der Waals surface area contributed by atoms with Crippen molar-refractivity contribution >= 4 is 23.3 Å². The minimum Gasteiger partial charge on any atom is -0.389 e. The number of amides is 1. The summed E-state index contributed by atoms with van der Waals surface area (Å²) in [4.78, 5) is 22.3. The lowest BCUT2D eigenvalue weighted by Crippen LogP contribution is -2.46. The Morgan fingerprint density at radius 1 is 1.21 bits per heavy atom. The number of carbonyl (C=O) groups excluding carboxylic acids is 1. The first-order chi connectivity index (χ1) is 16.0. The zero-order valence-corrected chi connectivity index (χ0v) is 19.4. The minimum absolute atomic E-state index is 0.0372. The number of carbonyl (C=O) groups is 1. The van der Waals surface area contributed by atoms with Crippen molar-refractivity contribution in [3.8, 4) is 0 Å². The number of aromatic nitrogens is 1. The van der Waals surface area contributed by atoms with Crippen molar-refractivity contribution in [2.24, 2.45) is 16.9 Å². The monoisotopic (exact) mass is 455 g/mol. The number of nitrogens with zero attached hydrogens (tertiary/aromatic N) is 3. The van der Waals surface area contributed by atoms with E-state index in [0.29, 0.717) is 42.4 Å². The zero-order chi connectivity index (χ0) is 24.1. The molecule has 1 atom stereocenters. The third-order valence-electron chi connectivity index (χ3n) is 4.85. The zero-order valence-electron chi connectivity index (χ0n) is 19.4. The van der Waals surface area contributed by atoms with E-state index in [1.165, 1.54) is 5.01 Å². The Morgan fingerprint density at radius 2 is 1.97 bits per heavy atom. The van der Waals surface area contributed by atoms with E-state index in [1.807, 2.05) is 44.2 Å². The van der Waals surface area contributed by atoms with Gasteiger partial charge in [-0.15, -0.1) is 0 Å². The number of hydrogen-bond acceptors (Lipinski definition) is 8. The predicted octanol–water partition coefficient (Wildman–Crippen LogP) is 2.68. The Balaban J connectivity index is 2.03. The molecule has 1 aromatic carbocycles. The van der Waals surface area contributed by atoms with Crippen LogP contribution in [0, 0.1) is 11.3 Å². The molecule has 2 rings (SSSR count). The molecule has 10 nitrogen and oxygen atoms in total. The molecule has 0 fully saturated rings. The lowest BCUT2D eigenvalue weighted by atomic mass is 10.0. The van der Waals surface area contributed by atoms with Crippen LogP contribution in [-0.2, 0) is 21.0 Å². The van der Waals surface area contributed by atoms with Crippen LogP contribution < -0.4 is 16.7 Å². The van der Waals surface area contributed by atoms with Crippen molar-refractivity contribution in [3.63, 3.8) is 0 Å². The van der Waals surface area contributed by atoms with Crippen molar-refractivity contribution in [1.82, 2.24) is 15.5 Å². The molecule has 2 aromatic rings. The summed E-state index contributed by atoms with van der Waals surface area (Å²) in [5.74, 6) is 5.95. The maximum absolute atomic E-state index is 12.4. The van der Waals surface area contributed by atoms with Gasteiger partial charge in [0, 0.05) is 32.2 Å². The van der Waals surface area contributed by atoms with Crippen LogP contribution in [0.15, 0.2) is 53.7 Å². The van der Waals surface area contributed by atoms with Gasteiger partial charge in [-0.05, 0) is 25.0 Å². The molecule has 1 heterocycles. The second kappa shape index (κ2) is 13.9. The third-order valence-corrected chi connectivity index (χ3v) is 4.85. The molecule has 0 bridgehead atoms. The largest absolute Gasteiger partial charge is 0.389 e. The van der Waals surface area contributed by atoms with Gasteiger partial charge in [0.2, 0.25) is 5.91 Å². The fourth-order valence-electron chi connectivity index (χ4n) is 2.91. The van der Waals surface area contributed by atoms with E-state index in [-0.39, 0.29) is 24.3 Å². The number of ether oxygens (including phenoxy) is 1. The number of oxime groups is 1. The van der Waals surface area contributed by atoms with Gasteiger partial charge in [-0.2, -0.15) is 5.53 Å². The van der Waals surface area contributed by atoms with E-state index in [2.05, 4.69) is 21.0 Å². The first-order valence-electron chi connectivity index (χ1n) is 10.9. The van der Waals surface area contributed by atoms with Gasteiger partial charge < -0.3 is 14.9 Å². The fourth-order valence-corrected chi connectivity index (χ4v) is 2.91. The Morgan fingerprint density at radius 3 is 2.64 bits per heavy atom. The Kier molecular flexibility index (Phi) is 10.9. The molecule has 5 N–H and O–H groups in total.